The summed E-state index contributed by atoms with van der Waals surface area (Å²) in [5, 5.41) is 0. The van der Waals surface area contributed by atoms with Crippen molar-refractivity contribution in [1.82, 2.24) is 14.2 Å². The highest BCUT2D eigenvalue weighted by Gasteiger charge is 2.23. The van der Waals surface area contributed by atoms with Gasteiger partial charge in [-0.05, 0) is 42.3 Å². The Kier molecular flexibility index (Phi) is 6.88. The van der Waals surface area contributed by atoms with Crippen LogP contribution >= 0.6 is 0 Å². The van der Waals surface area contributed by atoms with Crippen LogP contribution in [0, 0.1) is 0 Å². The molecule has 0 aliphatic heterocycles. The fourth-order valence-electron chi connectivity index (χ4n) is 2.67. The van der Waals surface area contributed by atoms with E-state index in [0.29, 0.717) is 31.6 Å². The van der Waals surface area contributed by atoms with Crippen molar-refractivity contribution in [3.8, 4) is 0 Å². The molecule has 6 nitrogen and oxygen atoms in total. The first-order chi connectivity index (χ1) is 12.4. The molecule has 0 radical (unpaired) electrons. The van der Waals surface area contributed by atoms with E-state index in [-0.39, 0.29) is 10.8 Å². The van der Waals surface area contributed by atoms with E-state index in [4.69, 9.17) is 0 Å². The highest BCUT2D eigenvalue weighted by molar-refractivity contribution is 7.89. The Morgan fingerprint density at radius 2 is 1.73 bits per heavy atom. The first-order valence-electron chi connectivity index (χ1n) is 8.64. The summed E-state index contributed by atoms with van der Waals surface area (Å²) >= 11 is 0. The van der Waals surface area contributed by atoms with Crippen LogP contribution in [-0.2, 0) is 16.4 Å². The van der Waals surface area contributed by atoms with Crippen molar-refractivity contribution in [2.24, 2.45) is 0 Å². The molecule has 0 bridgehead atoms. The van der Waals surface area contributed by atoms with E-state index in [0.717, 1.165) is 5.56 Å². The van der Waals surface area contributed by atoms with Gasteiger partial charge in [0.25, 0.3) is 5.91 Å². The Hall–Kier alpha value is -2.25. The Balaban J connectivity index is 2.14. The average molecular weight is 375 g/mol. The van der Waals surface area contributed by atoms with Crippen molar-refractivity contribution in [2.75, 3.05) is 26.7 Å². The van der Waals surface area contributed by atoms with Gasteiger partial charge < -0.3 is 4.90 Å². The van der Waals surface area contributed by atoms with Gasteiger partial charge in [0, 0.05) is 44.6 Å². The lowest BCUT2D eigenvalue weighted by atomic mass is 10.1. The third-order valence-corrected chi connectivity index (χ3v) is 6.30. The van der Waals surface area contributed by atoms with Crippen LogP contribution in [0.3, 0.4) is 0 Å². The molecule has 2 rings (SSSR count). The van der Waals surface area contributed by atoms with Crippen molar-refractivity contribution >= 4 is 15.9 Å². The number of benzene rings is 1. The number of hydrogen-bond donors (Lipinski definition) is 0. The van der Waals surface area contributed by atoms with E-state index in [2.05, 4.69) is 4.98 Å². The number of carbonyl (C=O) groups is 1. The molecule has 2 aromatic rings. The van der Waals surface area contributed by atoms with Gasteiger partial charge in [-0.25, -0.2) is 8.42 Å². The lowest BCUT2D eigenvalue weighted by molar-refractivity contribution is 0.0796. The number of sulfonamides is 1. The molecule has 0 fully saturated rings. The van der Waals surface area contributed by atoms with Gasteiger partial charge in [-0.3, -0.25) is 9.78 Å². The highest BCUT2D eigenvalue weighted by atomic mass is 32.2. The predicted molar refractivity (Wildman–Crippen MR) is 101 cm³/mol. The molecule has 0 atom stereocenters. The predicted octanol–water partition coefficient (Wildman–Crippen LogP) is 2.43. The van der Waals surface area contributed by atoms with Gasteiger partial charge in [0.2, 0.25) is 10.0 Å². The second-order valence-electron chi connectivity index (χ2n) is 5.95. The summed E-state index contributed by atoms with van der Waals surface area (Å²) in [5.41, 5.74) is 1.47. The Labute approximate surface area is 155 Å². The fourth-order valence-corrected chi connectivity index (χ4v) is 4.17. The zero-order valence-corrected chi connectivity index (χ0v) is 16.2. The Morgan fingerprint density at radius 3 is 2.35 bits per heavy atom. The van der Waals surface area contributed by atoms with Crippen LogP contribution in [0.15, 0.2) is 53.7 Å². The van der Waals surface area contributed by atoms with Crippen LogP contribution in [0.1, 0.15) is 29.8 Å². The molecule has 1 heterocycles. The summed E-state index contributed by atoms with van der Waals surface area (Å²) < 4.78 is 26.7. The Bertz CT molecular complexity index is 834. The first-order valence-corrected chi connectivity index (χ1v) is 10.1. The summed E-state index contributed by atoms with van der Waals surface area (Å²) in [6.45, 7) is 4.91. The van der Waals surface area contributed by atoms with Crippen molar-refractivity contribution in [3.63, 3.8) is 0 Å². The summed E-state index contributed by atoms with van der Waals surface area (Å²) in [4.78, 5) is 18.4. The van der Waals surface area contributed by atoms with Crippen molar-refractivity contribution < 1.29 is 13.2 Å². The third kappa shape index (κ3) is 4.68. The zero-order chi connectivity index (χ0) is 19.2. The number of amides is 1. The maximum atomic E-state index is 12.7. The number of nitrogens with zero attached hydrogens (tertiary/aromatic N) is 3. The maximum Gasteiger partial charge on any atom is 0.253 e. The number of hydrogen-bond acceptors (Lipinski definition) is 4. The van der Waals surface area contributed by atoms with Gasteiger partial charge in [0.05, 0.1) is 4.90 Å². The van der Waals surface area contributed by atoms with Crippen molar-refractivity contribution in [1.29, 1.82) is 0 Å². The van der Waals surface area contributed by atoms with Crippen LogP contribution in [-0.4, -0.2) is 55.2 Å². The van der Waals surface area contributed by atoms with E-state index in [1.807, 2.05) is 12.1 Å². The fraction of sp³-hybridized carbons (Fsp3) is 0.368. The third-order valence-electron chi connectivity index (χ3n) is 4.26. The summed E-state index contributed by atoms with van der Waals surface area (Å²) in [5.74, 6) is -0.198. The first kappa shape index (κ1) is 20.1. The van der Waals surface area contributed by atoms with E-state index in [1.165, 1.54) is 16.4 Å². The van der Waals surface area contributed by atoms with Crippen molar-refractivity contribution in [3.05, 3.63) is 59.9 Å². The second-order valence-corrected chi connectivity index (χ2v) is 7.89. The van der Waals surface area contributed by atoms with Crippen LogP contribution in [0.5, 0.6) is 0 Å². The van der Waals surface area contributed by atoms with Crippen LogP contribution in [0.2, 0.25) is 0 Å². The molecule has 0 saturated heterocycles. The second kappa shape index (κ2) is 8.91. The van der Waals surface area contributed by atoms with Gasteiger partial charge in [-0.2, -0.15) is 4.31 Å². The SMILES string of the molecule is CCN(CC)S(=O)(=O)c1cccc(C(=O)N(C)CCc2ccncc2)c1. The number of aromatic nitrogens is 1. The molecule has 0 saturated carbocycles. The molecule has 1 aromatic carbocycles. The standard InChI is InChI=1S/C19H25N3O3S/c1-4-22(5-2)26(24,25)18-8-6-7-17(15-18)19(23)21(3)14-11-16-9-12-20-13-10-16/h6-10,12-13,15H,4-5,11,14H2,1-3H3. The molecule has 0 aliphatic rings. The maximum absolute atomic E-state index is 12.7. The van der Waals surface area contributed by atoms with E-state index in [1.54, 1.807) is 50.3 Å². The number of pyridine rings is 1. The monoisotopic (exact) mass is 375 g/mol. The van der Waals surface area contributed by atoms with Gasteiger partial charge in [0.15, 0.2) is 0 Å². The van der Waals surface area contributed by atoms with Crippen LogP contribution in [0.25, 0.3) is 0 Å². The average Bonchev–Trinajstić information content (AvgIpc) is 2.67. The lowest BCUT2D eigenvalue weighted by Gasteiger charge is -2.20. The smallest absolute Gasteiger partial charge is 0.253 e. The van der Waals surface area contributed by atoms with Crippen LogP contribution in [0.4, 0.5) is 0 Å². The number of carbonyl (C=O) groups excluding carboxylic acids is 1. The molecular weight excluding hydrogens is 350 g/mol. The lowest BCUT2D eigenvalue weighted by Crippen LogP contribution is -2.31. The van der Waals surface area contributed by atoms with E-state index < -0.39 is 10.0 Å². The topological polar surface area (TPSA) is 70.6 Å². The molecule has 140 valence electrons. The van der Waals surface area contributed by atoms with E-state index in [9.17, 15) is 13.2 Å². The minimum atomic E-state index is -3.58. The van der Waals surface area contributed by atoms with Gasteiger partial charge >= 0.3 is 0 Å². The number of rotatable bonds is 8. The normalized spacial score (nSPS) is 11.5. The summed E-state index contributed by atoms with van der Waals surface area (Å²) in [6.07, 6.45) is 4.15. The molecule has 1 aromatic heterocycles. The van der Waals surface area contributed by atoms with Crippen molar-refractivity contribution in [2.45, 2.75) is 25.2 Å². The molecule has 0 aliphatic carbocycles. The molecule has 7 heteroatoms. The van der Waals surface area contributed by atoms with Gasteiger partial charge in [-0.15, -0.1) is 0 Å². The summed E-state index contributed by atoms with van der Waals surface area (Å²) in [7, 11) is -1.87. The number of likely N-dealkylation sites (N-methyl/N-ethyl adjacent to an activating group) is 1. The highest BCUT2D eigenvalue weighted by Crippen LogP contribution is 2.18. The largest absolute Gasteiger partial charge is 0.341 e. The van der Waals surface area contributed by atoms with E-state index >= 15 is 0 Å². The summed E-state index contributed by atoms with van der Waals surface area (Å²) in [6, 6.07) is 10.1. The van der Waals surface area contributed by atoms with Crippen LogP contribution < -0.4 is 0 Å². The zero-order valence-electron chi connectivity index (χ0n) is 15.4. The minimum Gasteiger partial charge on any atom is -0.341 e. The molecule has 0 unspecified atom stereocenters. The molecule has 0 N–H and O–H groups in total. The Morgan fingerprint density at radius 1 is 1.08 bits per heavy atom. The molecule has 1 amide bonds. The molecule has 0 spiro atoms. The minimum absolute atomic E-state index is 0.148. The molecule has 26 heavy (non-hydrogen) atoms. The quantitative estimate of drug-likeness (QED) is 0.710. The van der Waals surface area contributed by atoms with Gasteiger partial charge in [-0.1, -0.05) is 19.9 Å². The molecular formula is C19H25N3O3S. The van der Waals surface area contributed by atoms with Gasteiger partial charge in [0.1, 0.15) is 0 Å².